The molecule has 17 heavy (non-hydrogen) atoms. The monoisotopic (exact) mass is 253 g/mol. The third-order valence-corrected chi connectivity index (χ3v) is 1.74. The van der Waals surface area contributed by atoms with Gasteiger partial charge in [0.2, 0.25) is 5.96 Å². The maximum Gasteiger partial charge on any atom is 0.366 e. The van der Waals surface area contributed by atoms with E-state index >= 15 is 0 Å². The minimum Gasteiger partial charge on any atom is -0.394 e. The molecule has 4 atom stereocenters. The zero-order chi connectivity index (χ0) is 13.6. The van der Waals surface area contributed by atoms with Crippen molar-refractivity contribution in [2.45, 2.75) is 24.4 Å². The lowest BCUT2D eigenvalue weighted by Crippen LogP contribution is -2.49. The number of hydrogen-bond acceptors (Lipinski definition) is 8. The summed E-state index contributed by atoms with van der Waals surface area (Å²) in [4.78, 5) is 15.0. The molecule has 0 aromatic heterocycles. The lowest BCUT2D eigenvalue weighted by molar-refractivity contribution is -0.170. The van der Waals surface area contributed by atoms with Gasteiger partial charge in [0.1, 0.15) is 18.3 Å². The van der Waals surface area contributed by atoms with E-state index in [2.05, 4.69) is 9.99 Å². The van der Waals surface area contributed by atoms with Crippen LogP contribution in [0.5, 0.6) is 0 Å². The highest BCUT2D eigenvalue weighted by molar-refractivity contribution is 5.78. The smallest absolute Gasteiger partial charge is 0.366 e. The lowest BCUT2D eigenvalue weighted by atomic mass is 10.0. The number of rotatable bonds is 6. The molecule has 0 aromatic rings. The molecule has 10 nitrogen and oxygen atoms in total. The summed E-state index contributed by atoms with van der Waals surface area (Å²) < 4.78 is 0. The number of hydrogen-bond donors (Lipinski definition) is 7. The number of oxime groups is 1. The normalized spacial score (nSPS) is 17.7. The van der Waals surface area contributed by atoms with E-state index in [9.17, 15) is 15.0 Å². The highest BCUT2D eigenvalue weighted by Gasteiger charge is 2.35. The van der Waals surface area contributed by atoms with Gasteiger partial charge in [-0.2, -0.15) is 0 Å². The van der Waals surface area contributed by atoms with Crippen LogP contribution in [0.2, 0.25) is 0 Å². The van der Waals surface area contributed by atoms with Crippen LogP contribution in [-0.4, -0.2) is 68.5 Å². The Morgan fingerprint density at radius 3 is 2.12 bits per heavy atom. The molecule has 0 radical (unpaired) electrons. The SMILES string of the molecule is NC(N)=NOC(=O)C(O)C(O)C(O)C(O)CO. The summed E-state index contributed by atoms with van der Waals surface area (Å²) in [6.07, 6.45) is -7.93. The number of carbonyl (C=O) groups is 1. The fraction of sp³-hybridized carbons (Fsp3) is 0.714. The lowest BCUT2D eigenvalue weighted by Gasteiger charge is -2.23. The van der Waals surface area contributed by atoms with Crippen LogP contribution in [0.15, 0.2) is 5.16 Å². The second kappa shape index (κ2) is 6.98. The Kier molecular flexibility index (Phi) is 6.38. The maximum absolute atomic E-state index is 11.0. The molecule has 100 valence electrons. The minimum atomic E-state index is -2.19. The predicted octanol–water partition coefficient (Wildman–Crippen LogP) is -4.85. The van der Waals surface area contributed by atoms with Crippen LogP contribution in [-0.2, 0) is 9.63 Å². The molecular weight excluding hydrogens is 238 g/mol. The van der Waals surface area contributed by atoms with Crippen LogP contribution in [0.3, 0.4) is 0 Å². The van der Waals surface area contributed by atoms with Crippen LogP contribution in [0.25, 0.3) is 0 Å². The first-order chi connectivity index (χ1) is 7.81. The molecule has 0 saturated carbocycles. The standard InChI is InChI=1S/C7H15N3O7/c8-7(9)10-17-6(16)5(15)4(14)3(13)2(12)1-11/h2-5,11-15H,1H2,(H4,8,9,10). The van der Waals surface area contributed by atoms with E-state index in [4.69, 9.17) is 26.8 Å². The zero-order valence-electron chi connectivity index (χ0n) is 8.67. The topological polar surface area (TPSA) is 192 Å². The second-order valence-electron chi connectivity index (χ2n) is 3.10. The molecule has 10 heteroatoms. The van der Waals surface area contributed by atoms with Crippen LogP contribution in [0.4, 0.5) is 0 Å². The number of aliphatic hydroxyl groups excluding tert-OH is 5. The van der Waals surface area contributed by atoms with Gasteiger partial charge in [0, 0.05) is 0 Å². The number of guanidine groups is 1. The average molecular weight is 253 g/mol. The summed E-state index contributed by atoms with van der Waals surface area (Å²) in [5.41, 5.74) is 9.66. The average Bonchev–Trinajstić information content (AvgIpc) is 2.31. The van der Waals surface area contributed by atoms with Gasteiger partial charge in [-0.1, -0.05) is 0 Å². The van der Waals surface area contributed by atoms with Gasteiger partial charge in [-0.15, -0.1) is 0 Å². The molecule has 0 fully saturated rings. The Morgan fingerprint density at radius 1 is 1.18 bits per heavy atom. The molecule has 0 bridgehead atoms. The number of nitrogens with zero attached hydrogens (tertiary/aromatic N) is 1. The van der Waals surface area contributed by atoms with Gasteiger partial charge in [0.05, 0.1) is 6.61 Å². The van der Waals surface area contributed by atoms with Crippen molar-refractivity contribution in [3.63, 3.8) is 0 Å². The van der Waals surface area contributed by atoms with Crippen LogP contribution in [0, 0.1) is 0 Å². The molecule has 0 amide bonds. The molecule has 0 aliphatic heterocycles. The third-order valence-electron chi connectivity index (χ3n) is 1.74. The van der Waals surface area contributed by atoms with Crippen molar-refractivity contribution < 1.29 is 35.2 Å². The number of carbonyl (C=O) groups excluding carboxylic acids is 1. The summed E-state index contributed by atoms with van der Waals surface area (Å²) in [5.74, 6) is -2.02. The summed E-state index contributed by atoms with van der Waals surface area (Å²) in [6, 6.07) is 0. The van der Waals surface area contributed by atoms with Gasteiger partial charge >= 0.3 is 5.97 Å². The van der Waals surface area contributed by atoms with Gasteiger partial charge < -0.3 is 41.8 Å². The molecule has 0 aromatic carbocycles. The van der Waals surface area contributed by atoms with E-state index in [-0.39, 0.29) is 0 Å². The second-order valence-corrected chi connectivity index (χ2v) is 3.10. The van der Waals surface area contributed by atoms with Crippen molar-refractivity contribution in [3.05, 3.63) is 0 Å². The Balaban J connectivity index is 4.43. The molecule has 0 saturated heterocycles. The van der Waals surface area contributed by atoms with Gasteiger partial charge in [0.15, 0.2) is 6.10 Å². The summed E-state index contributed by atoms with van der Waals surface area (Å²) in [6.45, 7) is -0.867. The summed E-state index contributed by atoms with van der Waals surface area (Å²) >= 11 is 0. The molecule has 9 N–H and O–H groups in total. The summed E-state index contributed by atoms with van der Waals surface area (Å²) in [7, 11) is 0. The summed E-state index contributed by atoms with van der Waals surface area (Å²) in [5, 5.41) is 47.8. The molecule has 0 aliphatic carbocycles. The first-order valence-corrected chi connectivity index (χ1v) is 4.44. The number of nitrogens with two attached hydrogens (primary N) is 2. The zero-order valence-corrected chi connectivity index (χ0v) is 8.67. The minimum absolute atomic E-state index is 0.587. The largest absolute Gasteiger partial charge is 0.394 e. The van der Waals surface area contributed by atoms with Gasteiger partial charge in [-0.05, 0) is 5.16 Å². The molecule has 0 aliphatic rings. The Bertz CT molecular complexity index is 281. The van der Waals surface area contributed by atoms with E-state index in [1.54, 1.807) is 0 Å². The maximum atomic E-state index is 11.0. The van der Waals surface area contributed by atoms with Crippen LogP contribution in [0.1, 0.15) is 0 Å². The van der Waals surface area contributed by atoms with Gasteiger partial charge in [-0.25, -0.2) is 4.79 Å². The van der Waals surface area contributed by atoms with Crippen molar-refractivity contribution in [1.82, 2.24) is 0 Å². The van der Waals surface area contributed by atoms with Crippen molar-refractivity contribution in [3.8, 4) is 0 Å². The fourth-order valence-electron chi connectivity index (χ4n) is 0.813. The first-order valence-electron chi connectivity index (χ1n) is 4.44. The predicted molar refractivity (Wildman–Crippen MR) is 53.0 cm³/mol. The molecular formula is C7H15N3O7. The van der Waals surface area contributed by atoms with E-state index in [0.29, 0.717) is 0 Å². The molecule has 4 unspecified atom stereocenters. The van der Waals surface area contributed by atoms with Crippen molar-refractivity contribution in [1.29, 1.82) is 0 Å². The molecule has 0 rings (SSSR count). The highest BCUT2D eigenvalue weighted by atomic mass is 16.7. The Hall–Kier alpha value is -1.46. The number of aliphatic hydroxyl groups is 5. The van der Waals surface area contributed by atoms with Gasteiger partial charge in [0.25, 0.3) is 0 Å². The third kappa shape index (κ3) is 4.93. The van der Waals surface area contributed by atoms with Crippen molar-refractivity contribution in [2.24, 2.45) is 16.6 Å². The van der Waals surface area contributed by atoms with E-state index in [1.165, 1.54) is 0 Å². The molecule has 0 spiro atoms. The van der Waals surface area contributed by atoms with Crippen LogP contribution >= 0.6 is 0 Å². The quantitative estimate of drug-likeness (QED) is 0.105. The first kappa shape index (κ1) is 15.5. The van der Waals surface area contributed by atoms with Crippen molar-refractivity contribution in [2.75, 3.05) is 6.61 Å². The highest BCUT2D eigenvalue weighted by Crippen LogP contribution is 2.06. The van der Waals surface area contributed by atoms with Crippen molar-refractivity contribution >= 4 is 11.9 Å². The van der Waals surface area contributed by atoms with Crippen LogP contribution < -0.4 is 11.5 Å². The fourth-order valence-corrected chi connectivity index (χ4v) is 0.813. The van der Waals surface area contributed by atoms with E-state index < -0.39 is 43.0 Å². The van der Waals surface area contributed by atoms with E-state index in [0.717, 1.165) is 0 Å². The Labute approximate surface area is 95.7 Å². The molecule has 0 heterocycles. The Morgan fingerprint density at radius 2 is 1.71 bits per heavy atom. The van der Waals surface area contributed by atoms with E-state index in [1.807, 2.05) is 0 Å². The van der Waals surface area contributed by atoms with Gasteiger partial charge in [-0.3, -0.25) is 0 Å².